The van der Waals surface area contributed by atoms with Crippen LogP contribution in [0.25, 0.3) is 0 Å². The van der Waals surface area contributed by atoms with E-state index in [0.29, 0.717) is 52.9 Å². The maximum atomic E-state index is 12.8. The van der Waals surface area contributed by atoms with Crippen molar-refractivity contribution in [1.82, 2.24) is 16.0 Å². The number of anilines is 2. The van der Waals surface area contributed by atoms with Gasteiger partial charge in [0.2, 0.25) is 0 Å². The van der Waals surface area contributed by atoms with Crippen LogP contribution in [0.2, 0.25) is 0 Å². The number of benzene rings is 2. The summed E-state index contributed by atoms with van der Waals surface area (Å²) in [4.78, 5) is 42.0. The van der Waals surface area contributed by atoms with Gasteiger partial charge in [0.05, 0.1) is 37.0 Å². The first-order chi connectivity index (χ1) is 20.8. The highest BCUT2D eigenvalue weighted by atomic mass is 32.2. The molecule has 2 heterocycles. The SMILES string of the molecule is COC(=O)C1=C(C)NC(C)=C(C(=O)OC)C1c1cccc(NC(=O)NCCNC2CCN(c3ccccc3SC)CC2)c1. The lowest BCUT2D eigenvalue weighted by Crippen LogP contribution is -2.45. The number of piperidine rings is 1. The average Bonchev–Trinajstić information content (AvgIpc) is 3.02. The monoisotopic (exact) mass is 607 g/mol. The minimum absolute atomic E-state index is 0.306. The van der Waals surface area contributed by atoms with E-state index in [1.165, 1.54) is 24.8 Å². The number of hydrogen-bond donors (Lipinski definition) is 4. The molecule has 4 rings (SSSR count). The van der Waals surface area contributed by atoms with E-state index in [2.05, 4.69) is 56.7 Å². The quantitative estimate of drug-likeness (QED) is 0.177. The molecule has 0 saturated carbocycles. The van der Waals surface area contributed by atoms with Gasteiger partial charge in [-0.2, -0.15) is 0 Å². The largest absolute Gasteiger partial charge is 0.466 e. The number of esters is 2. The Balaban J connectivity index is 1.32. The summed E-state index contributed by atoms with van der Waals surface area (Å²) in [5, 5.41) is 12.4. The van der Waals surface area contributed by atoms with E-state index in [0.717, 1.165) is 25.9 Å². The number of urea groups is 1. The molecule has 11 heteroatoms. The van der Waals surface area contributed by atoms with E-state index < -0.39 is 17.9 Å². The lowest BCUT2D eigenvalue weighted by molar-refractivity contribution is -0.137. The van der Waals surface area contributed by atoms with Crippen LogP contribution in [0, 0.1) is 0 Å². The van der Waals surface area contributed by atoms with Crippen LogP contribution in [0.5, 0.6) is 0 Å². The van der Waals surface area contributed by atoms with Crippen molar-refractivity contribution < 1.29 is 23.9 Å². The van der Waals surface area contributed by atoms with Gasteiger partial charge < -0.3 is 35.6 Å². The first-order valence-electron chi connectivity index (χ1n) is 14.4. The zero-order valence-corrected chi connectivity index (χ0v) is 26.2. The molecule has 43 heavy (non-hydrogen) atoms. The van der Waals surface area contributed by atoms with Crippen LogP contribution in [0.3, 0.4) is 0 Å². The number of carbonyl (C=O) groups excluding carboxylic acids is 3. The average molecular weight is 608 g/mol. The van der Waals surface area contributed by atoms with Crippen LogP contribution in [0.1, 0.15) is 38.2 Å². The molecule has 2 amide bonds. The molecule has 1 fully saturated rings. The van der Waals surface area contributed by atoms with Gasteiger partial charge >= 0.3 is 18.0 Å². The third kappa shape index (κ3) is 7.71. The summed E-state index contributed by atoms with van der Waals surface area (Å²) < 4.78 is 10.1. The minimum atomic E-state index is -0.726. The Bertz CT molecular complexity index is 1360. The number of hydrogen-bond acceptors (Lipinski definition) is 9. The molecule has 0 bridgehead atoms. The number of para-hydroxylation sites is 1. The number of methoxy groups -OCH3 is 2. The highest BCUT2D eigenvalue weighted by molar-refractivity contribution is 7.98. The molecular formula is C32H41N5O5S. The maximum Gasteiger partial charge on any atom is 0.336 e. The van der Waals surface area contributed by atoms with Gasteiger partial charge in [-0.25, -0.2) is 14.4 Å². The summed E-state index contributed by atoms with van der Waals surface area (Å²) in [7, 11) is 2.60. The number of nitrogens with zero attached hydrogens (tertiary/aromatic N) is 1. The highest BCUT2D eigenvalue weighted by Gasteiger charge is 2.37. The molecular weight excluding hydrogens is 566 g/mol. The van der Waals surface area contributed by atoms with E-state index in [1.807, 2.05) is 0 Å². The molecule has 0 aromatic heterocycles. The number of nitrogens with one attached hydrogen (secondary N) is 4. The van der Waals surface area contributed by atoms with Gasteiger partial charge in [-0.15, -0.1) is 11.8 Å². The Kier molecular flexibility index (Phi) is 11.1. The normalized spacial score (nSPS) is 16.1. The molecule has 0 radical (unpaired) electrons. The second kappa shape index (κ2) is 15.0. The van der Waals surface area contributed by atoms with Gasteiger partial charge in [-0.3, -0.25) is 0 Å². The van der Waals surface area contributed by atoms with Crippen molar-refractivity contribution in [2.24, 2.45) is 0 Å². The van der Waals surface area contributed by atoms with Crippen molar-refractivity contribution >= 4 is 41.1 Å². The fourth-order valence-electron chi connectivity index (χ4n) is 5.73. The molecule has 4 N–H and O–H groups in total. The maximum absolute atomic E-state index is 12.8. The van der Waals surface area contributed by atoms with Crippen LogP contribution in [-0.2, 0) is 19.1 Å². The van der Waals surface area contributed by atoms with Crippen LogP contribution in [0.15, 0.2) is 76.0 Å². The predicted octanol–water partition coefficient (Wildman–Crippen LogP) is 4.37. The summed E-state index contributed by atoms with van der Waals surface area (Å²) in [5.74, 6) is -1.83. The molecule has 0 atom stereocenters. The second-order valence-corrected chi connectivity index (χ2v) is 11.4. The molecule has 230 valence electrons. The van der Waals surface area contributed by atoms with Crippen molar-refractivity contribution in [1.29, 1.82) is 0 Å². The predicted molar refractivity (Wildman–Crippen MR) is 170 cm³/mol. The summed E-state index contributed by atoms with van der Waals surface area (Å²) >= 11 is 1.77. The number of ether oxygens (including phenoxy) is 2. The first kappa shape index (κ1) is 32.0. The lowest BCUT2D eigenvalue weighted by Gasteiger charge is -2.35. The van der Waals surface area contributed by atoms with Crippen molar-refractivity contribution in [2.75, 3.05) is 56.9 Å². The van der Waals surface area contributed by atoms with Crippen LogP contribution < -0.4 is 26.2 Å². The van der Waals surface area contributed by atoms with Crippen LogP contribution in [0.4, 0.5) is 16.2 Å². The molecule has 0 unspecified atom stereocenters. The van der Waals surface area contributed by atoms with Gasteiger partial charge in [0.1, 0.15) is 0 Å². The molecule has 2 aromatic carbocycles. The number of amides is 2. The summed E-state index contributed by atoms with van der Waals surface area (Å²) in [6.07, 6.45) is 4.20. The topological polar surface area (TPSA) is 121 Å². The Morgan fingerprint density at radius 3 is 2.21 bits per heavy atom. The molecule has 2 aliphatic heterocycles. The third-order valence-electron chi connectivity index (χ3n) is 7.81. The molecule has 10 nitrogen and oxygen atoms in total. The van der Waals surface area contributed by atoms with Gasteiger partial charge in [0, 0.05) is 54.2 Å². The van der Waals surface area contributed by atoms with E-state index >= 15 is 0 Å². The molecule has 0 aliphatic carbocycles. The summed E-state index contributed by atoms with van der Waals surface area (Å²) in [6.45, 7) is 6.64. The zero-order valence-electron chi connectivity index (χ0n) is 25.4. The fraction of sp³-hybridized carbons (Fsp3) is 0.406. The van der Waals surface area contributed by atoms with Crippen LogP contribution in [-0.4, -0.2) is 70.7 Å². The highest BCUT2D eigenvalue weighted by Crippen LogP contribution is 2.39. The number of rotatable bonds is 10. The summed E-state index contributed by atoms with van der Waals surface area (Å²) in [6, 6.07) is 15.7. The third-order valence-corrected chi connectivity index (χ3v) is 8.60. The van der Waals surface area contributed by atoms with Crippen molar-refractivity contribution in [3.05, 3.63) is 76.6 Å². The summed E-state index contributed by atoms with van der Waals surface area (Å²) in [5.41, 5.74) is 4.26. The van der Waals surface area contributed by atoms with E-state index in [-0.39, 0.29) is 6.03 Å². The van der Waals surface area contributed by atoms with Crippen LogP contribution >= 0.6 is 11.8 Å². The first-order valence-corrected chi connectivity index (χ1v) is 15.6. The Labute approximate surface area is 257 Å². The smallest absolute Gasteiger partial charge is 0.336 e. The zero-order chi connectivity index (χ0) is 30.9. The van der Waals surface area contributed by atoms with Crippen molar-refractivity contribution in [2.45, 2.75) is 43.5 Å². The van der Waals surface area contributed by atoms with E-state index in [9.17, 15) is 14.4 Å². The number of thioether (sulfide) groups is 1. The van der Waals surface area contributed by atoms with E-state index in [4.69, 9.17) is 9.47 Å². The fourth-order valence-corrected chi connectivity index (χ4v) is 6.35. The Morgan fingerprint density at radius 2 is 1.58 bits per heavy atom. The van der Waals surface area contributed by atoms with Gasteiger partial charge in [-0.05, 0) is 62.8 Å². The van der Waals surface area contributed by atoms with Gasteiger partial charge in [-0.1, -0.05) is 24.3 Å². The van der Waals surface area contributed by atoms with E-state index in [1.54, 1.807) is 49.9 Å². The molecule has 0 spiro atoms. The van der Waals surface area contributed by atoms with Gasteiger partial charge in [0.25, 0.3) is 0 Å². The molecule has 2 aromatic rings. The molecule has 2 aliphatic rings. The minimum Gasteiger partial charge on any atom is -0.466 e. The Hall–Kier alpha value is -3.96. The number of allylic oxidation sites excluding steroid dienone is 2. The van der Waals surface area contributed by atoms with Crippen molar-refractivity contribution in [3.63, 3.8) is 0 Å². The van der Waals surface area contributed by atoms with Gasteiger partial charge in [0.15, 0.2) is 0 Å². The molecule has 1 saturated heterocycles. The Morgan fingerprint density at radius 1 is 0.930 bits per heavy atom. The lowest BCUT2D eigenvalue weighted by atomic mass is 9.80. The van der Waals surface area contributed by atoms with Crippen molar-refractivity contribution in [3.8, 4) is 0 Å². The number of carbonyl (C=O) groups is 3. The standard InChI is InChI=1S/C32H41N5O5S/c1-20-27(30(38)41-3)29(28(21(2)35-20)31(39)42-4)22-9-8-10-24(19-22)36-32(40)34-16-15-33-23-13-17-37(18-14-23)25-11-6-7-12-26(25)43-5/h6-12,19,23,29,33,35H,13-18H2,1-5H3,(H2,34,36,40). The second-order valence-electron chi connectivity index (χ2n) is 10.5. The number of dihydropyridines is 1.